The quantitative estimate of drug-likeness (QED) is 0.677. The largest absolute Gasteiger partial charge is 0.413 e. The van der Waals surface area contributed by atoms with Crippen LogP contribution in [0.3, 0.4) is 0 Å². The van der Waals surface area contributed by atoms with Crippen LogP contribution in [0.1, 0.15) is 6.92 Å². The van der Waals surface area contributed by atoms with Crippen molar-refractivity contribution in [3.05, 3.63) is 36.1 Å². The van der Waals surface area contributed by atoms with Crippen molar-refractivity contribution in [3.8, 4) is 0 Å². The van der Waals surface area contributed by atoms with Crippen LogP contribution in [0, 0.1) is 0 Å². The van der Waals surface area contributed by atoms with E-state index in [-0.39, 0.29) is 11.3 Å². The molecule has 0 saturated carbocycles. The number of aliphatic hydroxyl groups excluding tert-OH is 1. The lowest BCUT2D eigenvalue weighted by Crippen LogP contribution is -2.55. The van der Waals surface area contributed by atoms with Gasteiger partial charge in [-0.1, -0.05) is 24.8 Å². The first-order valence-corrected chi connectivity index (χ1v) is 4.98. The number of nitrogens with one attached hydrogen (secondary N) is 2. The van der Waals surface area contributed by atoms with Gasteiger partial charge in [0.15, 0.2) is 6.04 Å². The smallest absolute Gasteiger partial charge is 0.400 e. The Hall–Kier alpha value is -1.76. The molecule has 4 nitrogen and oxygen atoms in total. The number of rotatable bonds is 1. The van der Waals surface area contributed by atoms with Crippen molar-refractivity contribution >= 4 is 6.03 Å². The van der Waals surface area contributed by atoms with E-state index in [0.29, 0.717) is 0 Å². The molecule has 1 aliphatic heterocycles. The van der Waals surface area contributed by atoms with Gasteiger partial charge in [-0.2, -0.15) is 13.2 Å². The lowest BCUT2D eigenvalue weighted by atomic mass is 10.00. The zero-order chi connectivity index (χ0) is 14.3. The number of carbonyl (C=O) groups is 1. The first-order valence-electron chi connectivity index (χ1n) is 4.98. The van der Waals surface area contributed by atoms with E-state index in [1.807, 2.05) is 5.32 Å². The SMILES string of the molecule is C=C/C=C1\C(=C/C)NC(=O)N[C@@H]1C(F)(F)F.CO. The third-order valence-electron chi connectivity index (χ3n) is 2.06. The van der Waals surface area contributed by atoms with Crippen LogP contribution >= 0.6 is 0 Å². The van der Waals surface area contributed by atoms with E-state index in [1.54, 1.807) is 6.92 Å². The minimum Gasteiger partial charge on any atom is -0.400 e. The van der Waals surface area contributed by atoms with Crippen molar-refractivity contribution in [1.29, 1.82) is 0 Å². The fourth-order valence-electron chi connectivity index (χ4n) is 1.40. The molecular weight excluding hydrogens is 249 g/mol. The molecule has 1 rings (SSSR count). The van der Waals surface area contributed by atoms with Crippen molar-refractivity contribution in [2.45, 2.75) is 19.1 Å². The molecule has 1 atom stereocenters. The van der Waals surface area contributed by atoms with E-state index >= 15 is 0 Å². The van der Waals surface area contributed by atoms with Crippen LogP contribution in [0.25, 0.3) is 0 Å². The number of amides is 2. The van der Waals surface area contributed by atoms with Crippen molar-refractivity contribution in [2.24, 2.45) is 0 Å². The second kappa shape index (κ2) is 6.85. The summed E-state index contributed by atoms with van der Waals surface area (Å²) in [5, 5.41) is 11.1. The minimum atomic E-state index is -4.53. The summed E-state index contributed by atoms with van der Waals surface area (Å²) in [6.45, 7) is 4.89. The van der Waals surface area contributed by atoms with Gasteiger partial charge in [0.05, 0.1) is 0 Å². The Balaban J connectivity index is 0.00000137. The summed E-state index contributed by atoms with van der Waals surface area (Å²) in [5.74, 6) is 0. The number of halogens is 3. The normalized spacial score (nSPS) is 23.9. The van der Waals surface area contributed by atoms with E-state index in [1.165, 1.54) is 18.2 Å². The predicted octanol–water partition coefficient (Wildman–Crippen LogP) is 1.85. The molecule has 0 unspecified atom stereocenters. The van der Waals surface area contributed by atoms with Crippen molar-refractivity contribution < 1.29 is 23.1 Å². The van der Waals surface area contributed by atoms with E-state index in [0.717, 1.165) is 7.11 Å². The van der Waals surface area contributed by atoms with Crippen LogP contribution < -0.4 is 10.6 Å². The van der Waals surface area contributed by atoms with Crippen molar-refractivity contribution in [3.63, 3.8) is 0 Å². The van der Waals surface area contributed by atoms with Crippen LogP contribution in [0.4, 0.5) is 18.0 Å². The average Bonchev–Trinajstić information content (AvgIpc) is 2.32. The highest BCUT2D eigenvalue weighted by atomic mass is 19.4. The van der Waals surface area contributed by atoms with Gasteiger partial charge in [0.1, 0.15) is 0 Å². The second-order valence-electron chi connectivity index (χ2n) is 3.13. The molecule has 1 heterocycles. The van der Waals surface area contributed by atoms with E-state index in [9.17, 15) is 18.0 Å². The first-order chi connectivity index (χ1) is 8.40. The maximum atomic E-state index is 12.7. The van der Waals surface area contributed by atoms with E-state index in [4.69, 9.17) is 5.11 Å². The molecule has 2 amide bonds. The number of urea groups is 1. The Morgan fingerprint density at radius 1 is 1.39 bits per heavy atom. The Morgan fingerprint density at radius 2 is 1.94 bits per heavy atom. The summed E-state index contributed by atoms with van der Waals surface area (Å²) in [6.07, 6.45) is -0.648. The Kier molecular flexibility index (Phi) is 6.18. The van der Waals surface area contributed by atoms with Crippen LogP contribution in [0.15, 0.2) is 36.1 Å². The van der Waals surface area contributed by atoms with Gasteiger partial charge < -0.3 is 15.7 Å². The third-order valence-corrected chi connectivity index (χ3v) is 2.06. The lowest BCUT2D eigenvalue weighted by Gasteiger charge is -2.30. The average molecular weight is 264 g/mol. The molecule has 1 saturated heterocycles. The van der Waals surface area contributed by atoms with Crippen molar-refractivity contribution in [2.75, 3.05) is 7.11 Å². The maximum absolute atomic E-state index is 12.7. The van der Waals surface area contributed by atoms with Gasteiger partial charge in [-0.05, 0) is 6.92 Å². The molecule has 0 bridgehead atoms. The number of hydrogen-bond donors (Lipinski definition) is 3. The monoisotopic (exact) mass is 264 g/mol. The van der Waals surface area contributed by atoms with Crippen LogP contribution in [-0.2, 0) is 0 Å². The van der Waals surface area contributed by atoms with Gasteiger partial charge in [-0.15, -0.1) is 0 Å². The molecule has 1 aliphatic rings. The maximum Gasteiger partial charge on any atom is 0.413 e. The summed E-state index contributed by atoms with van der Waals surface area (Å²) in [6, 6.07) is -2.86. The zero-order valence-corrected chi connectivity index (χ0v) is 10.0. The molecule has 0 aromatic heterocycles. The van der Waals surface area contributed by atoms with Crippen LogP contribution in [-0.4, -0.2) is 30.5 Å². The number of aliphatic hydroxyl groups is 1. The fraction of sp³-hybridized carbons (Fsp3) is 0.364. The molecule has 102 valence electrons. The predicted molar refractivity (Wildman–Crippen MR) is 61.7 cm³/mol. The molecule has 0 aromatic rings. The second-order valence-corrected chi connectivity index (χ2v) is 3.13. The summed E-state index contributed by atoms with van der Waals surface area (Å²) < 4.78 is 38.0. The molecular formula is C11H15F3N2O2. The number of alkyl halides is 3. The highest BCUT2D eigenvalue weighted by Gasteiger charge is 2.46. The molecule has 7 heteroatoms. The minimum absolute atomic E-state index is 0.0513. The number of hydrogen-bond acceptors (Lipinski definition) is 2. The topological polar surface area (TPSA) is 61.4 Å². The fourth-order valence-corrected chi connectivity index (χ4v) is 1.40. The van der Waals surface area contributed by atoms with Crippen molar-refractivity contribution in [1.82, 2.24) is 10.6 Å². The molecule has 0 spiro atoms. The Bertz CT molecular complexity index is 373. The summed E-state index contributed by atoms with van der Waals surface area (Å²) >= 11 is 0. The summed E-state index contributed by atoms with van der Waals surface area (Å²) in [7, 11) is 1.00. The first kappa shape index (κ1) is 16.2. The molecule has 1 fully saturated rings. The Morgan fingerprint density at radius 3 is 2.33 bits per heavy atom. The Labute approximate surface area is 103 Å². The zero-order valence-electron chi connectivity index (χ0n) is 10.0. The molecule has 0 aliphatic carbocycles. The van der Waals surface area contributed by atoms with E-state index < -0.39 is 18.2 Å². The number of carbonyl (C=O) groups excluding carboxylic acids is 1. The highest BCUT2D eigenvalue weighted by Crippen LogP contribution is 2.30. The lowest BCUT2D eigenvalue weighted by molar-refractivity contribution is -0.144. The van der Waals surface area contributed by atoms with Gasteiger partial charge >= 0.3 is 12.2 Å². The van der Waals surface area contributed by atoms with Gasteiger partial charge in [-0.3, -0.25) is 0 Å². The summed E-state index contributed by atoms with van der Waals surface area (Å²) in [4.78, 5) is 11.0. The highest BCUT2D eigenvalue weighted by molar-refractivity contribution is 5.80. The molecule has 0 aromatic carbocycles. The molecule has 3 N–H and O–H groups in total. The standard InChI is InChI=1S/C10H11F3N2O.CH4O/c1-3-5-6-7(4-2)14-9(16)15-8(6)10(11,12)13;1-2/h3-5,8H,1H2,2H3,(H2,14,15,16);2H,1H3/b6-5+,7-4+;/t8-;/m0./s1. The van der Waals surface area contributed by atoms with Gasteiger partial charge in [0, 0.05) is 18.4 Å². The third kappa shape index (κ3) is 3.92. The van der Waals surface area contributed by atoms with Crippen LogP contribution in [0.5, 0.6) is 0 Å². The van der Waals surface area contributed by atoms with Crippen LogP contribution in [0.2, 0.25) is 0 Å². The van der Waals surface area contributed by atoms with Gasteiger partial charge in [0.2, 0.25) is 0 Å². The van der Waals surface area contributed by atoms with Gasteiger partial charge in [0.25, 0.3) is 0 Å². The molecule has 0 radical (unpaired) electrons. The van der Waals surface area contributed by atoms with E-state index in [2.05, 4.69) is 11.9 Å². The summed E-state index contributed by atoms with van der Waals surface area (Å²) in [5.41, 5.74) is 0.0931. The van der Waals surface area contributed by atoms with Gasteiger partial charge in [-0.25, -0.2) is 4.79 Å². The molecule has 18 heavy (non-hydrogen) atoms. The number of allylic oxidation sites excluding steroid dienone is 3.